The molecule has 0 radical (unpaired) electrons. The minimum atomic E-state index is -3.56. The summed E-state index contributed by atoms with van der Waals surface area (Å²) in [6, 6.07) is 0. The van der Waals surface area contributed by atoms with Crippen LogP contribution in [0.3, 0.4) is 0 Å². The molecule has 0 aliphatic carbocycles. The molecule has 0 atom stereocenters. The molecule has 15 heavy (non-hydrogen) atoms. The van der Waals surface area contributed by atoms with Crippen LogP contribution in [-0.2, 0) is 18.3 Å². The Hall–Kier alpha value is -0.580. The summed E-state index contributed by atoms with van der Waals surface area (Å²) >= 11 is 0. The third-order valence-electron chi connectivity index (χ3n) is 1.49. The average molecular weight is 239 g/mol. The molecule has 1 amide bonds. The van der Waals surface area contributed by atoms with E-state index in [1.54, 1.807) is 20.8 Å². The highest BCUT2D eigenvalue weighted by Crippen LogP contribution is 2.49. The molecule has 0 aromatic heterocycles. The van der Waals surface area contributed by atoms with E-state index in [1.165, 1.54) is 21.3 Å². The first-order valence-corrected chi connectivity index (χ1v) is 5.84. The van der Waals surface area contributed by atoms with Crippen LogP contribution in [0.25, 0.3) is 0 Å². The molecule has 7 heteroatoms. The molecular formula is C8H18NO5P. The van der Waals surface area contributed by atoms with Crippen LogP contribution in [-0.4, -0.2) is 37.6 Å². The molecular weight excluding hydrogens is 221 g/mol. The van der Waals surface area contributed by atoms with Gasteiger partial charge in [0.25, 0.3) is 0 Å². The van der Waals surface area contributed by atoms with Crippen molar-refractivity contribution in [2.75, 3.05) is 21.3 Å². The molecule has 0 saturated heterocycles. The number of ether oxygens (including phenoxy) is 1. The smallest absolute Gasteiger partial charge is 0.439 e. The first-order chi connectivity index (χ1) is 6.66. The van der Waals surface area contributed by atoms with Crippen LogP contribution in [0.2, 0.25) is 0 Å². The Labute approximate surface area is 90.1 Å². The van der Waals surface area contributed by atoms with Crippen molar-refractivity contribution in [2.45, 2.75) is 26.4 Å². The Balaban J connectivity index is 4.65. The van der Waals surface area contributed by atoms with Crippen LogP contribution in [0.15, 0.2) is 0 Å². The lowest BCUT2D eigenvalue weighted by Crippen LogP contribution is -2.33. The molecule has 0 aliphatic heterocycles. The molecule has 0 bridgehead atoms. The molecule has 0 aromatic rings. The average Bonchev–Trinajstić information content (AvgIpc) is 2.12. The standard InChI is InChI=1S/C8H18NO5P/c1-8(2,3)14-7(10)9(4)15(11,12-5)13-6/h1-6H3. The molecule has 0 heterocycles. The van der Waals surface area contributed by atoms with Gasteiger partial charge in [0.15, 0.2) is 0 Å². The van der Waals surface area contributed by atoms with Crippen molar-refractivity contribution in [3.63, 3.8) is 0 Å². The number of nitrogens with zero attached hydrogens (tertiary/aromatic N) is 1. The molecule has 0 unspecified atom stereocenters. The summed E-state index contributed by atoms with van der Waals surface area (Å²) in [4.78, 5) is 11.5. The summed E-state index contributed by atoms with van der Waals surface area (Å²) < 4.78 is 26.9. The highest BCUT2D eigenvalue weighted by Gasteiger charge is 2.35. The van der Waals surface area contributed by atoms with E-state index in [0.29, 0.717) is 0 Å². The van der Waals surface area contributed by atoms with Gasteiger partial charge >= 0.3 is 13.8 Å². The van der Waals surface area contributed by atoms with Gasteiger partial charge in [0.1, 0.15) is 5.60 Å². The minimum absolute atomic E-state index is 0.655. The third kappa shape index (κ3) is 4.20. The summed E-state index contributed by atoms with van der Waals surface area (Å²) in [6.07, 6.45) is -0.755. The maximum absolute atomic E-state index is 11.8. The van der Waals surface area contributed by atoms with Crippen LogP contribution in [0.4, 0.5) is 4.79 Å². The summed E-state index contributed by atoms with van der Waals surface area (Å²) in [5.41, 5.74) is -0.655. The zero-order valence-electron chi connectivity index (χ0n) is 9.94. The van der Waals surface area contributed by atoms with Crippen molar-refractivity contribution in [3.8, 4) is 0 Å². The Morgan fingerprint density at radius 2 is 1.60 bits per heavy atom. The van der Waals surface area contributed by atoms with Gasteiger partial charge in [0.2, 0.25) is 0 Å². The van der Waals surface area contributed by atoms with Gasteiger partial charge in [0, 0.05) is 21.3 Å². The van der Waals surface area contributed by atoms with Gasteiger partial charge < -0.3 is 4.74 Å². The summed E-state index contributed by atoms with van der Waals surface area (Å²) in [5.74, 6) is 0. The Bertz CT molecular complexity index is 265. The van der Waals surface area contributed by atoms with E-state index in [1.807, 2.05) is 0 Å². The fraction of sp³-hybridized carbons (Fsp3) is 0.875. The predicted molar refractivity (Wildman–Crippen MR) is 55.6 cm³/mol. The van der Waals surface area contributed by atoms with E-state index in [2.05, 4.69) is 9.05 Å². The SMILES string of the molecule is COP(=O)(OC)N(C)C(=O)OC(C)(C)C. The normalized spacial score (nSPS) is 12.4. The molecule has 0 spiro atoms. The second kappa shape index (κ2) is 4.96. The molecule has 0 rings (SSSR count). The molecule has 90 valence electrons. The molecule has 0 fully saturated rings. The number of amides is 1. The van der Waals surface area contributed by atoms with Crippen LogP contribution >= 0.6 is 7.75 Å². The second-order valence-electron chi connectivity index (χ2n) is 3.84. The molecule has 6 nitrogen and oxygen atoms in total. The number of carbonyl (C=O) groups excluding carboxylic acids is 1. The fourth-order valence-electron chi connectivity index (χ4n) is 0.747. The highest BCUT2D eigenvalue weighted by molar-refractivity contribution is 7.51. The van der Waals surface area contributed by atoms with Gasteiger partial charge in [-0.3, -0.25) is 9.05 Å². The maximum atomic E-state index is 11.8. The zero-order chi connectivity index (χ0) is 12.3. The second-order valence-corrected chi connectivity index (χ2v) is 6.11. The number of hydrogen-bond donors (Lipinski definition) is 0. The lowest BCUT2D eigenvalue weighted by atomic mass is 10.2. The van der Waals surface area contributed by atoms with Gasteiger partial charge in [0.05, 0.1) is 0 Å². The van der Waals surface area contributed by atoms with Crippen molar-refractivity contribution in [3.05, 3.63) is 0 Å². The number of rotatable bonds is 3. The van der Waals surface area contributed by atoms with E-state index in [-0.39, 0.29) is 0 Å². The lowest BCUT2D eigenvalue weighted by molar-refractivity contribution is 0.0370. The first-order valence-electron chi connectivity index (χ1n) is 4.35. The maximum Gasteiger partial charge on any atom is 0.439 e. The van der Waals surface area contributed by atoms with Crippen molar-refractivity contribution in [2.24, 2.45) is 0 Å². The number of carbonyl (C=O) groups is 1. The first kappa shape index (κ1) is 14.4. The van der Waals surface area contributed by atoms with E-state index in [9.17, 15) is 9.36 Å². The molecule has 0 saturated carbocycles. The molecule has 0 aromatic carbocycles. The van der Waals surface area contributed by atoms with Gasteiger partial charge in [-0.15, -0.1) is 0 Å². The van der Waals surface area contributed by atoms with Crippen molar-refractivity contribution in [1.82, 2.24) is 4.67 Å². The van der Waals surface area contributed by atoms with E-state index >= 15 is 0 Å². The largest absolute Gasteiger partial charge is 0.443 e. The van der Waals surface area contributed by atoms with Crippen LogP contribution in [0, 0.1) is 0 Å². The van der Waals surface area contributed by atoms with E-state index in [0.717, 1.165) is 4.67 Å². The molecule has 0 aliphatic rings. The van der Waals surface area contributed by atoms with Gasteiger partial charge in [-0.1, -0.05) is 0 Å². The Kier molecular flexibility index (Phi) is 4.77. The summed E-state index contributed by atoms with van der Waals surface area (Å²) in [5, 5.41) is 0. The quantitative estimate of drug-likeness (QED) is 0.707. The highest BCUT2D eigenvalue weighted by atomic mass is 31.2. The monoisotopic (exact) mass is 239 g/mol. The Morgan fingerprint density at radius 1 is 1.20 bits per heavy atom. The van der Waals surface area contributed by atoms with Crippen LogP contribution < -0.4 is 0 Å². The summed E-state index contributed by atoms with van der Waals surface area (Å²) in [6.45, 7) is 5.13. The van der Waals surface area contributed by atoms with Crippen LogP contribution in [0.1, 0.15) is 20.8 Å². The topological polar surface area (TPSA) is 65.1 Å². The van der Waals surface area contributed by atoms with Crippen LogP contribution in [0.5, 0.6) is 0 Å². The fourth-order valence-corrected chi connectivity index (χ4v) is 1.63. The van der Waals surface area contributed by atoms with E-state index in [4.69, 9.17) is 4.74 Å². The predicted octanol–water partition coefficient (Wildman–Crippen LogP) is 2.25. The van der Waals surface area contributed by atoms with Crippen molar-refractivity contribution in [1.29, 1.82) is 0 Å². The summed E-state index contributed by atoms with van der Waals surface area (Å²) in [7, 11) is 0.137. The van der Waals surface area contributed by atoms with Crippen molar-refractivity contribution >= 4 is 13.8 Å². The van der Waals surface area contributed by atoms with Gasteiger partial charge in [-0.2, -0.15) is 0 Å². The van der Waals surface area contributed by atoms with Gasteiger partial charge in [-0.05, 0) is 20.8 Å². The van der Waals surface area contributed by atoms with Gasteiger partial charge in [-0.25, -0.2) is 14.0 Å². The zero-order valence-corrected chi connectivity index (χ0v) is 10.8. The Morgan fingerprint density at radius 3 is 1.87 bits per heavy atom. The van der Waals surface area contributed by atoms with Crippen molar-refractivity contribution < 1.29 is 23.1 Å². The lowest BCUT2D eigenvalue weighted by Gasteiger charge is -2.27. The number of hydrogen-bond acceptors (Lipinski definition) is 5. The minimum Gasteiger partial charge on any atom is -0.443 e. The van der Waals surface area contributed by atoms with E-state index < -0.39 is 19.4 Å². The molecule has 0 N–H and O–H groups in total. The third-order valence-corrected chi connectivity index (χ3v) is 3.31.